The number of aryl methyl sites for hydroxylation is 2. The van der Waals surface area contributed by atoms with E-state index in [2.05, 4.69) is 26.0 Å². The highest BCUT2D eigenvalue weighted by molar-refractivity contribution is 9.10. The summed E-state index contributed by atoms with van der Waals surface area (Å²) in [4.78, 5) is 14.9. The average Bonchev–Trinajstić information content (AvgIpc) is 2.74. The minimum Gasteiger partial charge on any atom is -0.306 e. The first-order valence-corrected chi connectivity index (χ1v) is 7.03. The Bertz CT molecular complexity index is 802. The van der Waals surface area contributed by atoms with Crippen molar-refractivity contribution in [1.29, 1.82) is 0 Å². The van der Waals surface area contributed by atoms with Crippen molar-refractivity contribution in [2.45, 2.75) is 27.7 Å². The summed E-state index contributed by atoms with van der Waals surface area (Å²) in [6.45, 7) is 7.88. The lowest BCUT2D eigenvalue weighted by atomic mass is 10.2. The average molecular weight is 322 g/mol. The molecular weight excluding hydrogens is 306 g/mol. The van der Waals surface area contributed by atoms with Gasteiger partial charge in [-0.1, -0.05) is 13.8 Å². The van der Waals surface area contributed by atoms with Crippen LogP contribution in [-0.2, 0) is 0 Å². The Morgan fingerprint density at radius 1 is 1.26 bits per heavy atom. The van der Waals surface area contributed by atoms with Gasteiger partial charge in [-0.25, -0.2) is 4.52 Å². The van der Waals surface area contributed by atoms with Gasteiger partial charge in [0.2, 0.25) is 0 Å². The summed E-state index contributed by atoms with van der Waals surface area (Å²) < 4.78 is 2.64. The molecule has 0 bridgehead atoms. The maximum Gasteiger partial charge on any atom is 0.259 e. The number of nitrogens with zero attached hydrogens (tertiary/aromatic N) is 2. The van der Waals surface area contributed by atoms with Crippen molar-refractivity contribution in [2.24, 2.45) is 0 Å². The van der Waals surface area contributed by atoms with E-state index in [1.807, 2.05) is 39.8 Å². The van der Waals surface area contributed by atoms with E-state index >= 15 is 0 Å². The molecule has 5 heteroatoms. The molecule has 0 amide bonds. The normalized spacial score (nSPS) is 10.6. The van der Waals surface area contributed by atoms with Crippen LogP contribution in [0.1, 0.15) is 25.0 Å². The van der Waals surface area contributed by atoms with Crippen molar-refractivity contribution in [2.75, 3.05) is 0 Å². The monoisotopic (exact) mass is 321 g/mol. The van der Waals surface area contributed by atoms with Gasteiger partial charge in [-0.3, -0.25) is 4.79 Å². The minimum absolute atomic E-state index is 0.0829. The third-order valence-corrected chi connectivity index (χ3v) is 3.45. The smallest absolute Gasteiger partial charge is 0.259 e. The summed E-state index contributed by atoms with van der Waals surface area (Å²) in [6.07, 6.45) is 1.75. The maximum atomic E-state index is 12.0. The molecule has 0 fully saturated rings. The Labute approximate surface area is 119 Å². The van der Waals surface area contributed by atoms with Gasteiger partial charge in [-0.05, 0) is 47.5 Å². The number of nitrogens with one attached hydrogen (secondary N) is 1. The van der Waals surface area contributed by atoms with E-state index in [-0.39, 0.29) is 5.56 Å². The fourth-order valence-electron chi connectivity index (χ4n) is 2.05. The van der Waals surface area contributed by atoms with E-state index in [1.54, 1.807) is 10.7 Å². The molecule has 19 heavy (non-hydrogen) atoms. The zero-order valence-electron chi connectivity index (χ0n) is 11.4. The van der Waals surface area contributed by atoms with E-state index in [4.69, 9.17) is 0 Å². The predicted molar refractivity (Wildman–Crippen MR) is 81.8 cm³/mol. The molecule has 0 aliphatic rings. The first kappa shape index (κ1) is 13.8. The third kappa shape index (κ3) is 2.18. The third-order valence-electron chi connectivity index (χ3n) is 2.85. The molecule has 0 aliphatic carbocycles. The Morgan fingerprint density at radius 3 is 2.63 bits per heavy atom. The summed E-state index contributed by atoms with van der Waals surface area (Å²) in [6, 6.07) is 3.85. The predicted octanol–water partition coefficient (Wildman–Crippen LogP) is 3.58. The fraction of sp³-hybridized carbons (Fsp3) is 0.286. The molecule has 0 saturated carbocycles. The molecule has 3 rings (SSSR count). The van der Waals surface area contributed by atoms with E-state index in [9.17, 15) is 4.79 Å². The number of hydrogen-bond donors (Lipinski definition) is 1. The van der Waals surface area contributed by atoms with Gasteiger partial charge in [0.05, 0.1) is 17.1 Å². The highest BCUT2D eigenvalue weighted by Crippen LogP contribution is 2.24. The van der Waals surface area contributed by atoms with Gasteiger partial charge in [0.15, 0.2) is 0 Å². The van der Waals surface area contributed by atoms with Crippen LogP contribution in [0.2, 0.25) is 0 Å². The Kier molecular flexibility index (Phi) is 3.75. The number of halogens is 1. The largest absolute Gasteiger partial charge is 0.306 e. The lowest BCUT2D eigenvalue weighted by molar-refractivity contribution is 0.974. The lowest BCUT2D eigenvalue weighted by Gasteiger charge is -2.05. The first-order chi connectivity index (χ1) is 9.08. The van der Waals surface area contributed by atoms with Gasteiger partial charge in [0.1, 0.15) is 5.65 Å². The summed E-state index contributed by atoms with van der Waals surface area (Å²) in [7, 11) is 0. The topological polar surface area (TPSA) is 50.2 Å². The van der Waals surface area contributed by atoms with Gasteiger partial charge in [-0.15, -0.1) is 0 Å². The Balaban J connectivity index is 0.000000637. The second-order valence-corrected chi connectivity index (χ2v) is 5.04. The summed E-state index contributed by atoms with van der Waals surface area (Å²) >= 11 is 3.50. The summed E-state index contributed by atoms with van der Waals surface area (Å²) in [5.74, 6) is 0. The van der Waals surface area contributed by atoms with E-state index < -0.39 is 0 Å². The molecule has 2 aromatic heterocycles. The van der Waals surface area contributed by atoms with Crippen LogP contribution in [-0.4, -0.2) is 14.6 Å². The maximum absolute atomic E-state index is 12.0. The molecule has 1 N–H and O–H groups in total. The zero-order chi connectivity index (χ0) is 14.2. The second-order valence-electron chi connectivity index (χ2n) is 4.19. The molecule has 100 valence electrons. The number of H-pyrrole nitrogens is 1. The van der Waals surface area contributed by atoms with Crippen LogP contribution < -0.4 is 5.56 Å². The molecule has 0 radical (unpaired) electrons. The van der Waals surface area contributed by atoms with Crippen LogP contribution in [0.15, 0.2) is 27.6 Å². The standard InChI is InChI=1S/C12H10BrN3O.C2H6/c1-6-3-8-10(9(13)4-6)16-11(15-12(8)17)7(2)5-14-16;1-2/h3-5H,1-2H3,(H,15,17);1-2H3. The molecule has 0 aliphatic heterocycles. The molecule has 1 aromatic carbocycles. The van der Waals surface area contributed by atoms with Gasteiger partial charge in [0.25, 0.3) is 5.56 Å². The quantitative estimate of drug-likeness (QED) is 0.688. The molecule has 0 spiro atoms. The van der Waals surface area contributed by atoms with Crippen LogP contribution in [0.25, 0.3) is 16.6 Å². The van der Waals surface area contributed by atoms with E-state index in [0.717, 1.165) is 26.8 Å². The van der Waals surface area contributed by atoms with Gasteiger partial charge in [-0.2, -0.15) is 5.10 Å². The van der Waals surface area contributed by atoms with Crippen LogP contribution in [0.4, 0.5) is 0 Å². The van der Waals surface area contributed by atoms with Gasteiger partial charge < -0.3 is 4.98 Å². The van der Waals surface area contributed by atoms with Crippen LogP contribution in [0, 0.1) is 13.8 Å². The Morgan fingerprint density at radius 2 is 1.95 bits per heavy atom. The lowest BCUT2D eigenvalue weighted by Crippen LogP contribution is -2.11. The fourth-order valence-corrected chi connectivity index (χ4v) is 2.79. The Hall–Kier alpha value is -1.62. The number of benzene rings is 1. The number of fused-ring (bicyclic) bond motifs is 3. The van der Waals surface area contributed by atoms with E-state index in [0.29, 0.717) is 5.39 Å². The molecule has 2 heterocycles. The number of hydrogen-bond acceptors (Lipinski definition) is 2. The zero-order valence-corrected chi connectivity index (χ0v) is 13.0. The van der Waals surface area contributed by atoms with Crippen LogP contribution in [0.3, 0.4) is 0 Å². The second kappa shape index (κ2) is 5.17. The first-order valence-electron chi connectivity index (χ1n) is 6.24. The highest BCUT2D eigenvalue weighted by atomic mass is 79.9. The SMILES string of the molecule is CC.Cc1cc(Br)c2c(c1)c(=O)[nH]c1c(C)cnn12. The molecule has 3 aromatic rings. The number of aromatic amines is 1. The molecular formula is C14H16BrN3O. The molecule has 4 nitrogen and oxygen atoms in total. The van der Waals surface area contributed by atoms with Crippen LogP contribution in [0.5, 0.6) is 0 Å². The van der Waals surface area contributed by atoms with Gasteiger partial charge >= 0.3 is 0 Å². The summed E-state index contributed by atoms with van der Waals surface area (Å²) in [5, 5.41) is 4.94. The van der Waals surface area contributed by atoms with Crippen molar-refractivity contribution in [1.82, 2.24) is 14.6 Å². The van der Waals surface area contributed by atoms with Crippen molar-refractivity contribution in [3.63, 3.8) is 0 Å². The van der Waals surface area contributed by atoms with E-state index in [1.165, 1.54) is 0 Å². The van der Waals surface area contributed by atoms with Crippen molar-refractivity contribution >= 4 is 32.5 Å². The highest BCUT2D eigenvalue weighted by Gasteiger charge is 2.11. The van der Waals surface area contributed by atoms with Crippen LogP contribution >= 0.6 is 15.9 Å². The summed E-state index contributed by atoms with van der Waals surface area (Å²) in [5.41, 5.74) is 3.46. The van der Waals surface area contributed by atoms with Gasteiger partial charge in [0, 0.05) is 10.0 Å². The van der Waals surface area contributed by atoms with Crippen molar-refractivity contribution < 1.29 is 0 Å². The number of aromatic nitrogens is 3. The number of rotatable bonds is 0. The molecule has 0 atom stereocenters. The van der Waals surface area contributed by atoms with Crippen molar-refractivity contribution in [3.8, 4) is 0 Å². The molecule has 0 unspecified atom stereocenters. The molecule has 0 saturated heterocycles. The van der Waals surface area contributed by atoms with Crippen molar-refractivity contribution in [3.05, 3.63) is 44.3 Å². The minimum atomic E-state index is -0.0829.